The summed E-state index contributed by atoms with van der Waals surface area (Å²) in [5, 5.41) is 3.07. The molecule has 1 aliphatic carbocycles. The van der Waals surface area contributed by atoms with Crippen LogP contribution in [0.3, 0.4) is 0 Å². The number of amides is 3. The molecule has 0 fully saturated rings. The van der Waals surface area contributed by atoms with Crippen molar-refractivity contribution in [2.75, 3.05) is 7.05 Å². The highest BCUT2D eigenvalue weighted by Crippen LogP contribution is 2.29. The van der Waals surface area contributed by atoms with Crippen LogP contribution in [0.5, 0.6) is 0 Å². The summed E-state index contributed by atoms with van der Waals surface area (Å²) in [5.74, 6) is 0. The molecule has 6 nitrogen and oxygen atoms in total. The van der Waals surface area contributed by atoms with Crippen molar-refractivity contribution in [3.63, 3.8) is 0 Å². The molecule has 0 bridgehead atoms. The number of nitrogens with one attached hydrogen (secondary N) is 1. The van der Waals surface area contributed by atoms with Crippen molar-refractivity contribution in [3.05, 3.63) is 41.1 Å². The minimum absolute atomic E-state index is 0.0114. The molecule has 1 atom stereocenters. The average molecular weight is 297 g/mol. The highest BCUT2D eigenvalue weighted by Gasteiger charge is 2.27. The number of benzene rings is 1. The molecule has 0 spiro atoms. The Kier molecular flexibility index (Phi) is 3.58. The number of nitrogens with zero attached hydrogens (tertiary/aromatic N) is 2. The number of hydrogen-bond acceptors (Lipinski definition) is 4. The lowest BCUT2D eigenvalue weighted by atomic mass is 10.1. The first-order valence-electron chi connectivity index (χ1n) is 6.96. The molecule has 1 aromatic carbocycles. The Balaban J connectivity index is 1.89. The van der Waals surface area contributed by atoms with Crippen molar-refractivity contribution in [1.29, 1.82) is 0 Å². The quantitative estimate of drug-likeness (QED) is 0.866. The second kappa shape index (κ2) is 5.55. The van der Waals surface area contributed by atoms with Gasteiger partial charge >= 0.3 is 6.03 Å². The van der Waals surface area contributed by atoms with Crippen LogP contribution in [-0.4, -0.2) is 41.7 Å². The number of carbonyl (C=O) groups excluding carboxylic acids is 3. The van der Waals surface area contributed by atoms with E-state index >= 15 is 0 Å². The van der Waals surface area contributed by atoms with Crippen LogP contribution in [0.1, 0.15) is 21.5 Å². The summed E-state index contributed by atoms with van der Waals surface area (Å²) in [4.78, 5) is 38.8. The Morgan fingerprint density at radius 3 is 2.68 bits per heavy atom. The van der Waals surface area contributed by atoms with Gasteiger partial charge in [0.25, 0.3) is 0 Å². The Bertz CT molecular complexity index is 773. The summed E-state index contributed by atoms with van der Waals surface area (Å²) in [6.45, 7) is 0. The van der Waals surface area contributed by atoms with E-state index in [0.29, 0.717) is 12.0 Å². The van der Waals surface area contributed by atoms with E-state index in [4.69, 9.17) is 0 Å². The number of likely N-dealkylation sites (N-methyl/N-ethyl adjacent to an activating group) is 1. The molecule has 112 valence electrons. The predicted octanol–water partition coefficient (Wildman–Crippen LogP) is 1.31. The third-order valence-electron chi connectivity index (χ3n) is 4.12. The zero-order valence-electron chi connectivity index (χ0n) is 12.1. The van der Waals surface area contributed by atoms with E-state index < -0.39 is 6.03 Å². The van der Waals surface area contributed by atoms with Crippen molar-refractivity contribution in [2.45, 2.75) is 18.9 Å². The molecule has 0 radical (unpaired) electrons. The van der Waals surface area contributed by atoms with Gasteiger partial charge in [-0.1, -0.05) is 0 Å². The molecule has 0 saturated heterocycles. The molecule has 2 aromatic rings. The first-order chi connectivity index (χ1) is 10.6. The number of imide groups is 1. The number of urea groups is 1. The highest BCUT2D eigenvalue weighted by atomic mass is 16.2. The second-order valence-corrected chi connectivity index (χ2v) is 5.44. The van der Waals surface area contributed by atoms with Gasteiger partial charge in [0.05, 0.1) is 5.52 Å². The van der Waals surface area contributed by atoms with E-state index in [-0.39, 0.29) is 6.04 Å². The van der Waals surface area contributed by atoms with Gasteiger partial charge in [-0.3, -0.25) is 19.9 Å². The first kappa shape index (κ1) is 14.2. The molecule has 0 aliphatic heterocycles. The Morgan fingerprint density at radius 1 is 1.27 bits per heavy atom. The van der Waals surface area contributed by atoms with Crippen LogP contribution in [0.2, 0.25) is 0 Å². The number of aldehydes is 1. The summed E-state index contributed by atoms with van der Waals surface area (Å²) in [5.41, 5.74) is 3.68. The fourth-order valence-corrected chi connectivity index (χ4v) is 2.90. The topological polar surface area (TPSA) is 79.4 Å². The summed E-state index contributed by atoms with van der Waals surface area (Å²) < 4.78 is 0. The number of rotatable bonds is 3. The minimum Gasteiger partial charge on any atom is -0.324 e. The first-order valence-corrected chi connectivity index (χ1v) is 6.96. The zero-order valence-corrected chi connectivity index (χ0v) is 12.1. The number of carbonyl (C=O) groups is 3. The Hall–Kier alpha value is -2.76. The fraction of sp³-hybridized carbons (Fsp3) is 0.250. The van der Waals surface area contributed by atoms with Crippen molar-refractivity contribution >= 4 is 29.6 Å². The van der Waals surface area contributed by atoms with Crippen LogP contribution in [0, 0.1) is 0 Å². The molecular weight excluding hydrogens is 282 g/mol. The van der Waals surface area contributed by atoms with E-state index in [1.54, 1.807) is 18.1 Å². The van der Waals surface area contributed by atoms with Crippen LogP contribution in [0.25, 0.3) is 10.9 Å². The number of pyridine rings is 1. The van der Waals surface area contributed by atoms with E-state index in [0.717, 1.165) is 41.2 Å². The largest absolute Gasteiger partial charge is 0.324 e. The zero-order chi connectivity index (χ0) is 15.7. The number of aromatic nitrogens is 1. The van der Waals surface area contributed by atoms with Crippen LogP contribution in [0.15, 0.2) is 24.4 Å². The molecule has 1 aromatic heterocycles. The summed E-state index contributed by atoms with van der Waals surface area (Å²) in [6, 6.07) is 5.45. The monoisotopic (exact) mass is 297 g/mol. The van der Waals surface area contributed by atoms with E-state index in [1.807, 2.05) is 18.2 Å². The molecule has 0 saturated carbocycles. The molecule has 22 heavy (non-hydrogen) atoms. The second-order valence-electron chi connectivity index (χ2n) is 5.44. The molecule has 1 aliphatic rings. The SMILES string of the molecule is CN(C(=O)NC=O)C1Cc2cc3cc(C=O)cnc3cc2C1. The minimum atomic E-state index is -0.404. The van der Waals surface area contributed by atoms with Gasteiger partial charge in [-0.15, -0.1) is 0 Å². The maximum absolute atomic E-state index is 11.7. The van der Waals surface area contributed by atoms with Crippen molar-refractivity contribution in [3.8, 4) is 0 Å². The van der Waals surface area contributed by atoms with Gasteiger partial charge in [-0.05, 0) is 42.2 Å². The average Bonchev–Trinajstić information content (AvgIpc) is 2.94. The lowest BCUT2D eigenvalue weighted by Crippen LogP contribution is -2.43. The molecule has 1 N–H and O–H groups in total. The Labute approximate surface area is 127 Å². The van der Waals surface area contributed by atoms with Crippen LogP contribution < -0.4 is 5.32 Å². The maximum atomic E-state index is 11.7. The van der Waals surface area contributed by atoms with Crippen molar-refractivity contribution in [2.24, 2.45) is 0 Å². The fourth-order valence-electron chi connectivity index (χ4n) is 2.90. The summed E-state index contributed by atoms with van der Waals surface area (Å²) in [7, 11) is 1.68. The smallest absolute Gasteiger partial charge is 0.323 e. The summed E-state index contributed by atoms with van der Waals surface area (Å²) in [6.07, 6.45) is 4.17. The lowest BCUT2D eigenvalue weighted by Gasteiger charge is -2.23. The molecule has 3 amide bonds. The van der Waals surface area contributed by atoms with Gasteiger partial charge in [0.1, 0.15) is 0 Å². The number of fused-ring (bicyclic) bond motifs is 2. The predicted molar refractivity (Wildman–Crippen MR) is 80.7 cm³/mol. The van der Waals surface area contributed by atoms with Gasteiger partial charge in [0, 0.05) is 30.2 Å². The summed E-state index contributed by atoms with van der Waals surface area (Å²) >= 11 is 0. The van der Waals surface area contributed by atoms with Gasteiger partial charge < -0.3 is 4.90 Å². The molecule has 3 rings (SSSR count). The highest BCUT2D eigenvalue weighted by molar-refractivity contribution is 5.87. The standard InChI is InChI=1S/C16H15N3O3/c1-19(16(22)18-9-21)14-4-11-3-13-2-10(8-20)7-17-15(13)6-12(11)5-14/h2-3,6-9,14H,4-5H2,1H3,(H,18,21,22). The van der Waals surface area contributed by atoms with Crippen LogP contribution in [-0.2, 0) is 17.6 Å². The third kappa shape index (κ3) is 2.43. The Morgan fingerprint density at radius 2 is 2.00 bits per heavy atom. The third-order valence-corrected chi connectivity index (χ3v) is 4.12. The van der Waals surface area contributed by atoms with Gasteiger partial charge in [-0.25, -0.2) is 4.79 Å². The maximum Gasteiger partial charge on any atom is 0.323 e. The van der Waals surface area contributed by atoms with Gasteiger partial charge in [0.2, 0.25) is 6.41 Å². The molecule has 1 heterocycles. The molecule has 6 heteroatoms. The number of hydrogen-bond donors (Lipinski definition) is 1. The van der Waals surface area contributed by atoms with Crippen LogP contribution >= 0.6 is 0 Å². The van der Waals surface area contributed by atoms with Crippen molar-refractivity contribution in [1.82, 2.24) is 15.2 Å². The van der Waals surface area contributed by atoms with E-state index in [1.165, 1.54) is 0 Å². The lowest BCUT2D eigenvalue weighted by molar-refractivity contribution is -0.108. The van der Waals surface area contributed by atoms with Crippen molar-refractivity contribution < 1.29 is 14.4 Å². The van der Waals surface area contributed by atoms with Gasteiger partial charge in [0.15, 0.2) is 6.29 Å². The van der Waals surface area contributed by atoms with Crippen LogP contribution in [0.4, 0.5) is 4.79 Å². The molecular formula is C16H15N3O3. The van der Waals surface area contributed by atoms with E-state index in [9.17, 15) is 14.4 Å². The normalized spacial score (nSPS) is 16.1. The van der Waals surface area contributed by atoms with Gasteiger partial charge in [-0.2, -0.15) is 0 Å². The molecule has 1 unspecified atom stereocenters. The van der Waals surface area contributed by atoms with E-state index in [2.05, 4.69) is 10.3 Å².